The summed E-state index contributed by atoms with van der Waals surface area (Å²) in [6.07, 6.45) is 0. The molecule has 1 rings (SSSR count). The number of rotatable bonds is 4. The van der Waals surface area contributed by atoms with Gasteiger partial charge in [-0.3, -0.25) is 9.59 Å². The van der Waals surface area contributed by atoms with E-state index in [0.717, 1.165) is 11.1 Å². The number of benzene rings is 1. The van der Waals surface area contributed by atoms with Gasteiger partial charge >= 0.3 is 5.97 Å². The molecule has 0 bridgehead atoms. The van der Waals surface area contributed by atoms with Crippen molar-refractivity contribution in [2.45, 2.75) is 20.8 Å². The molecule has 0 heterocycles. The number of ether oxygens (including phenoxy) is 1. The molecule has 92 valence electrons. The lowest BCUT2D eigenvalue weighted by molar-refractivity contribution is -0.139. The van der Waals surface area contributed by atoms with Gasteiger partial charge in [0, 0.05) is 5.56 Å². The van der Waals surface area contributed by atoms with Crippen molar-refractivity contribution in [3.8, 4) is 5.75 Å². The molecule has 1 N–H and O–H groups in total. The summed E-state index contributed by atoms with van der Waals surface area (Å²) in [4.78, 5) is 22.7. The van der Waals surface area contributed by atoms with E-state index in [4.69, 9.17) is 9.84 Å². The zero-order chi connectivity index (χ0) is 13.2. The summed E-state index contributed by atoms with van der Waals surface area (Å²) < 4.78 is 5.14. The average Bonchev–Trinajstić information content (AvgIpc) is 2.30. The second kappa shape index (κ2) is 4.99. The maximum Gasteiger partial charge on any atom is 0.314 e. The van der Waals surface area contributed by atoms with Crippen LogP contribution in [0.5, 0.6) is 5.75 Å². The zero-order valence-corrected chi connectivity index (χ0v) is 10.4. The third-order valence-electron chi connectivity index (χ3n) is 2.99. The van der Waals surface area contributed by atoms with Gasteiger partial charge in [0.1, 0.15) is 11.7 Å². The summed E-state index contributed by atoms with van der Waals surface area (Å²) in [7, 11) is 1.56. The van der Waals surface area contributed by atoms with E-state index in [-0.39, 0.29) is 5.78 Å². The molecular weight excluding hydrogens is 220 g/mol. The molecule has 0 aromatic heterocycles. The molecule has 0 amide bonds. The lowest BCUT2D eigenvalue weighted by atomic mass is 9.93. The minimum absolute atomic E-state index is 0.374. The number of carbonyl (C=O) groups excluding carboxylic acids is 1. The first kappa shape index (κ1) is 13.2. The summed E-state index contributed by atoms with van der Waals surface area (Å²) in [6.45, 7) is 5.03. The van der Waals surface area contributed by atoms with Crippen LogP contribution >= 0.6 is 0 Å². The largest absolute Gasteiger partial charge is 0.496 e. The third kappa shape index (κ3) is 2.46. The maximum absolute atomic E-state index is 11.9. The Balaban J connectivity index is 3.21. The standard InChI is InChI=1S/C13H16O4/c1-7-8(2)11(17-4)6-5-10(7)12(14)9(3)13(15)16/h5-6,9H,1-4H3,(H,15,16). The van der Waals surface area contributed by atoms with Gasteiger partial charge in [-0.15, -0.1) is 0 Å². The van der Waals surface area contributed by atoms with Gasteiger partial charge in [-0.1, -0.05) is 0 Å². The molecule has 0 fully saturated rings. The quantitative estimate of drug-likeness (QED) is 0.643. The topological polar surface area (TPSA) is 63.6 Å². The molecule has 4 nitrogen and oxygen atoms in total. The molecule has 4 heteroatoms. The summed E-state index contributed by atoms with van der Waals surface area (Å²) >= 11 is 0. The van der Waals surface area contributed by atoms with Gasteiger partial charge in [-0.2, -0.15) is 0 Å². The summed E-state index contributed by atoms with van der Waals surface area (Å²) in [5.74, 6) is -1.81. The Bertz CT molecular complexity index is 463. The fraction of sp³-hybridized carbons (Fsp3) is 0.385. The van der Waals surface area contributed by atoms with Crippen molar-refractivity contribution in [3.63, 3.8) is 0 Å². The van der Waals surface area contributed by atoms with E-state index in [1.54, 1.807) is 26.2 Å². The van der Waals surface area contributed by atoms with Crippen molar-refractivity contribution < 1.29 is 19.4 Å². The highest BCUT2D eigenvalue weighted by Crippen LogP contribution is 2.25. The molecule has 0 aliphatic rings. The van der Waals surface area contributed by atoms with Crippen LogP contribution in [0.25, 0.3) is 0 Å². The summed E-state index contributed by atoms with van der Waals surface area (Å²) in [6, 6.07) is 3.30. The normalized spacial score (nSPS) is 12.0. The van der Waals surface area contributed by atoms with Crippen LogP contribution in [0.3, 0.4) is 0 Å². The molecule has 0 aliphatic carbocycles. The Labute approximate surface area is 100 Å². The average molecular weight is 236 g/mol. The number of methoxy groups -OCH3 is 1. The SMILES string of the molecule is COc1ccc(C(=O)C(C)C(=O)O)c(C)c1C. The molecule has 0 aliphatic heterocycles. The Morgan fingerprint density at radius 3 is 2.29 bits per heavy atom. The second-order valence-electron chi connectivity index (χ2n) is 3.99. The minimum atomic E-state index is -1.11. The third-order valence-corrected chi connectivity index (χ3v) is 2.99. The van der Waals surface area contributed by atoms with Crippen LogP contribution in [-0.2, 0) is 4.79 Å². The van der Waals surface area contributed by atoms with Crippen LogP contribution in [0.1, 0.15) is 28.4 Å². The number of hydrogen-bond donors (Lipinski definition) is 1. The predicted molar refractivity (Wildman–Crippen MR) is 63.6 cm³/mol. The van der Waals surface area contributed by atoms with Crippen LogP contribution < -0.4 is 4.74 Å². The molecule has 0 radical (unpaired) electrons. The molecule has 1 aromatic rings. The number of Topliss-reactive ketones (excluding diaryl/α,β-unsaturated/α-hetero) is 1. The van der Waals surface area contributed by atoms with Gasteiger partial charge in [0.2, 0.25) is 0 Å². The van der Waals surface area contributed by atoms with Crippen molar-refractivity contribution in [3.05, 3.63) is 28.8 Å². The number of carboxylic acids is 1. The number of hydrogen-bond acceptors (Lipinski definition) is 3. The lowest BCUT2D eigenvalue weighted by Crippen LogP contribution is -2.21. The number of ketones is 1. The number of carboxylic acid groups (broad SMARTS) is 1. The molecule has 1 unspecified atom stereocenters. The number of carbonyl (C=O) groups is 2. The fourth-order valence-corrected chi connectivity index (χ4v) is 1.63. The van der Waals surface area contributed by atoms with Crippen molar-refractivity contribution in [2.24, 2.45) is 5.92 Å². The molecule has 17 heavy (non-hydrogen) atoms. The second-order valence-corrected chi connectivity index (χ2v) is 3.99. The number of aliphatic carboxylic acids is 1. The van der Waals surface area contributed by atoms with Crippen LogP contribution in [0.2, 0.25) is 0 Å². The first-order chi connectivity index (χ1) is 7.90. The lowest BCUT2D eigenvalue weighted by Gasteiger charge is -2.13. The summed E-state index contributed by atoms with van der Waals surface area (Å²) in [5, 5.41) is 8.83. The molecule has 1 aromatic carbocycles. The van der Waals surface area contributed by atoms with Crippen LogP contribution in [0.15, 0.2) is 12.1 Å². The first-order valence-electron chi connectivity index (χ1n) is 5.31. The van der Waals surface area contributed by atoms with Crippen LogP contribution in [-0.4, -0.2) is 24.0 Å². The van der Waals surface area contributed by atoms with Crippen LogP contribution in [0, 0.1) is 19.8 Å². The van der Waals surface area contributed by atoms with Gasteiger partial charge < -0.3 is 9.84 Å². The minimum Gasteiger partial charge on any atom is -0.496 e. The van der Waals surface area contributed by atoms with Crippen molar-refractivity contribution >= 4 is 11.8 Å². The molecule has 0 spiro atoms. The fourth-order valence-electron chi connectivity index (χ4n) is 1.63. The van der Waals surface area contributed by atoms with Crippen LogP contribution in [0.4, 0.5) is 0 Å². The van der Waals surface area contributed by atoms with E-state index < -0.39 is 11.9 Å². The van der Waals surface area contributed by atoms with E-state index in [0.29, 0.717) is 11.3 Å². The Hall–Kier alpha value is -1.84. The summed E-state index contributed by atoms with van der Waals surface area (Å²) in [5.41, 5.74) is 2.07. The van der Waals surface area contributed by atoms with E-state index >= 15 is 0 Å². The Kier molecular flexibility index (Phi) is 3.89. The molecule has 0 saturated carbocycles. The highest BCUT2D eigenvalue weighted by atomic mass is 16.5. The highest BCUT2D eigenvalue weighted by Gasteiger charge is 2.24. The van der Waals surface area contributed by atoms with E-state index in [2.05, 4.69) is 0 Å². The van der Waals surface area contributed by atoms with E-state index in [1.165, 1.54) is 6.92 Å². The van der Waals surface area contributed by atoms with E-state index in [9.17, 15) is 9.59 Å². The van der Waals surface area contributed by atoms with Gasteiger partial charge in [0.05, 0.1) is 7.11 Å². The van der Waals surface area contributed by atoms with Crippen molar-refractivity contribution in [2.75, 3.05) is 7.11 Å². The maximum atomic E-state index is 11.9. The monoisotopic (exact) mass is 236 g/mol. The molecule has 1 atom stereocenters. The van der Waals surface area contributed by atoms with Gasteiger partial charge in [-0.05, 0) is 44.0 Å². The molecular formula is C13H16O4. The smallest absolute Gasteiger partial charge is 0.314 e. The highest BCUT2D eigenvalue weighted by molar-refractivity contribution is 6.08. The zero-order valence-electron chi connectivity index (χ0n) is 10.4. The predicted octanol–water partition coefficient (Wildman–Crippen LogP) is 2.22. The van der Waals surface area contributed by atoms with Crippen molar-refractivity contribution in [1.82, 2.24) is 0 Å². The van der Waals surface area contributed by atoms with Gasteiger partial charge in [0.15, 0.2) is 5.78 Å². The van der Waals surface area contributed by atoms with Gasteiger partial charge in [-0.25, -0.2) is 0 Å². The van der Waals surface area contributed by atoms with Gasteiger partial charge in [0.25, 0.3) is 0 Å². The Morgan fingerprint density at radius 2 is 1.82 bits per heavy atom. The van der Waals surface area contributed by atoms with Crippen molar-refractivity contribution in [1.29, 1.82) is 0 Å². The van der Waals surface area contributed by atoms with E-state index in [1.807, 2.05) is 6.92 Å². The molecule has 0 saturated heterocycles. The Morgan fingerprint density at radius 1 is 1.24 bits per heavy atom. The first-order valence-corrected chi connectivity index (χ1v) is 5.31.